The van der Waals surface area contributed by atoms with E-state index in [1.54, 1.807) is 13.8 Å². The largest absolute Gasteiger partial charge is 0.481 e. The number of aliphatic carboxylic acids is 1. The van der Waals surface area contributed by atoms with Crippen molar-refractivity contribution in [3.8, 4) is 0 Å². The Morgan fingerprint density at radius 1 is 1.33 bits per heavy atom. The number of carbonyl (C=O) groups is 3. The second kappa shape index (κ2) is 6.95. The maximum atomic E-state index is 11.6. The molecular formula is C11H21N3O4. The molecule has 0 bridgehead atoms. The standard InChI is InChI=1S/C11H21N3O4/c1-11(2,10(18)13-3)6-14-9(17)7(12)4-5-8(15)16/h7H,4-6,12H2,1-3H3,(H,13,18)(H,14,17)(H,15,16). The summed E-state index contributed by atoms with van der Waals surface area (Å²) in [7, 11) is 1.52. The first-order chi connectivity index (χ1) is 8.20. The van der Waals surface area contributed by atoms with Crippen LogP contribution in [0.1, 0.15) is 26.7 Å². The molecule has 1 atom stereocenters. The summed E-state index contributed by atoms with van der Waals surface area (Å²) in [5.74, 6) is -1.64. The summed E-state index contributed by atoms with van der Waals surface area (Å²) in [6.45, 7) is 3.52. The summed E-state index contributed by atoms with van der Waals surface area (Å²) in [5, 5.41) is 13.5. The van der Waals surface area contributed by atoms with Crippen LogP contribution in [0.5, 0.6) is 0 Å². The number of rotatable bonds is 7. The molecule has 0 radical (unpaired) electrons. The maximum Gasteiger partial charge on any atom is 0.303 e. The molecule has 2 amide bonds. The molecule has 0 heterocycles. The number of carboxylic acid groups (broad SMARTS) is 1. The van der Waals surface area contributed by atoms with Gasteiger partial charge < -0.3 is 21.5 Å². The lowest BCUT2D eigenvalue weighted by atomic mass is 9.92. The highest BCUT2D eigenvalue weighted by Crippen LogP contribution is 2.13. The van der Waals surface area contributed by atoms with E-state index in [0.717, 1.165) is 0 Å². The summed E-state index contributed by atoms with van der Waals surface area (Å²) in [6, 6.07) is -0.874. The van der Waals surface area contributed by atoms with E-state index in [4.69, 9.17) is 10.8 Å². The van der Waals surface area contributed by atoms with E-state index < -0.39 is 23.3 Å². The number of nitrogens with two attached hydrogens (primary N) is 1. The Bertz CT molecular complexity index is 328. The zero-order chi connectivity index (χ0) is 14.3. The Kier molecular flexibility index (Phi) is 6.32. The van der Waals surface area contributed by atoms with Crippen LogP contribution in [0.4, 0.5) is 0 Å². The van der Waals surface area contributed by atoms with Gasteiger partial charge in [-0.1, -0.05) is 0 Å². The minimum Gasteiger partial charge on any atom is -0.481 e. The lowest BCUT2D eigenvalue weighted by Crippen LogP contribution is -2.48. The molecule has 0 aromatic heterocycles. The van der Waals surface area contributed by atoms with Gasteiger partial charge in [0.2, 0.25) is 11.8 Å². The molecule has 0 aliphatic carbocycles. The van der Waals surface area contributed by atoms with Gasteiger partial charge in [0, 0.05) is 20.0 Å². The second-order valence-corrected chi connectivity index (χ2v) is 4.72. The molecule has 104 valence electrons. The number of hydrogen-bond donors (Lipinski definition) is 4. The summed E-state index contributed by atoms with van der Waals surface area (Å²) < 4.78 is 0. The topological polar surface area (TPSA) is 122 Å². The van der Waals surface area contributed by atoms with Crippen LogP contribution >= 0.6 is 0 Å². The van der Waals surface area contributed by atoms with E-state index in [1.807, 2.05) is 0 Å². The zero-order valence-corrected chi connectivity index (χ0v) is 10.9. The van der Waals surface area contributed by atoms with E-state index in [-0.39, 0.29) is 25.3 Å². The van der Waals surface area contributed by atoms with Gasteiger partial charge in [-0.3, -0.25) is 14.4 Å². The third-order valence-corrected chi connectivity index (χ3v) is 2.55. The molecule has 0 aliphatic heterocycles. The van der Waals surface area contributed by atoms with E-state index in [9.17, 15) is 14.4 Å². The average molecular weight is 259 g/mol. The zero-order valence-electron chi connectivity index (χ0n) is 10.9. The Morgan fingerprint density at radius 3 is 2.33 bits per heavy atom. The molecule has 0 spiro atoms. The van der Waals surface area contributed by atoms with Crippen molar-refractivity contribution in [1.82, 2.24) is 10.6 Å². The SMILES string of the molecule is CNC(=O)C(C)(C)CNC(=O)C(N)CCC(=O)O. The minimum absolute atomic E-state index is 0.0710. The molecule has 0 rings (SSSR count). The molecule has 0 saturated carbocycles. The van der Waals surface area contributed by atoms with Gasteiger partial charge in [-0.05, 0) is 20.3 Å². The lowest BCUT2D eigenvalue weighted by Gasteiger charge is -2.23. The Labute approximate surface area is 106 Å². The second-order valence-electron chi connectivity index (χ2n) is 4.72. The van der Waals surface area contributed by atoms with Crippen LogP contribution < -0.4 is 16.4 Å². The number of nitrogens with one attached hydrogen (secondary N) is 2. The first-order valence-electron chi connectivity index (χ1n) is 5.68. The van der Waals surface area contributed by atoms with Gasteiger partial charge in [-0.25, -0.2) is 0 Å². The fourth-order valence-corrected chi connectivity index (χ4v) is 1.27. The molecule has 0 aromatic carbocycles. The van der Waals surface area contributed by atoms with Gasteiger partial charge in [0.1, 0.15) is 0 Å². The summed E-state index contributed by atoms with van der Waals surface area (Å²) in [4.78, 5) is 33.3. The molecule has 7 nitrogen and oxygen atoms in total. The van der Waals surface area contributed by atoms with Gasteiger partial charge in [-0.2, -0.15) is 0 Å². The Morgan fingerprint density at radius 2 is 1.89 bits per heavy atom. The van der Waals surface area contributed by atoms with Crippen LogP contribution in [0.3, 0.4) is 0 Å². The molecular weight excluding hydrogens is 238 g/mol. The van der Waals surface area contributed by atoms with Gasteiger partial charge in [0.25, 0.3) is 0 Å². The van der Waals surface area contributed by atoms with E-state index in [1.165, 1.54) is 7.05 Å². The van der Waals surface area contributed by atoms with Crippen molar-refractivity contribution < 1.29 is 19.5 Å². The van der Waals surface area contributed by atoms with Crippen LogP contribution in [0, 0.1) is 5.41 Å². The van der Waals surface area contributed by atoms with Crippen LogP contribution in [-0.2, 0) is 14.4 Å². The summed E-state index contributed by atoms with van der Waals surface area (Å²) in [5.41, 5.74) is 4.79. The highest BCUT2D eigenvalue weighted by molar-refractivity contribution is 5.85. The van der Waals surface area contributed by atoms with Crippen molar-refractivity contribution in [3.63, 3.8) is 0 Å². The van der Waals surface area contributed by atoms with Crippen molar-refractivity contribution in [3.05, 3.63) is 0 Å². The van der Waals surface area contributed by atoms with Crippen LogP contribution in [-0.4, -0.2) is 42.5 Å². The first kappa shape index (κ1) is 16.4. The fourth-order valence-electron chi connectivity index (χ4n) is 1.27. The maximum absolute atomic E-state index is 11.6. The normalized spacial score (nSPS) is 12.7. The van der Waals surface area contributed by atoms with Crippen molar-refractivity contribution in [2.75, 3.05) is 13.6 Å². The lowest BCUT2D eigenvalue weighted by molar-refractivity contribution is -0.137. The molecule has 0 aromatic rings. The van der Waals surface area contributed by atoms with E-state index in [0.29, 0.717) is 0 Å². The Balaban J connectivity index is 4.17. The van der Waals surface area contributed by atoms with Crippen LogP contribution in [0.2, 0.25) is 0 Å². The predicted molar refractivity (Wildman–Crippen MR) is 65.7 cm³/mol. The van der Waals surface area contributed by atoms with Crippen molar-refractivity contribution in [2.24, 2.45) is 11.1 Å². The number of amides is 2. The minimum atomic E-state index is -0.996. The van der Waals surface area contributed by atoms with Gasteiger partial charge >= 0.3 is 5.97 Å². The molecule has 1 unspecified atom stereocenters. The van der Waals surface area contributed by atoms with Crippen molar-refractivity contribution >= 4 is 17.8 Å². The van der Waals surface area contributed by atoms with Crippen molar-refractivity contribution in [2.45, 2.75) is 32.7 Å². The quantitative estimate of drug-likeness (QED) is 0.470. The highest BCUT2D eigenvalue weighted by Gasteiger charge is 2.27. The molecule has 5 N–H and O–H groups in total. The molecule has 0 fully saturated rings. The van der Waals surface area contributed by atoms with E-state index >= 15 is 0 Å². The molecule has 0 saturated heterocycles. The van der Waals surface area contributed by atoms with Crippen molar-refractivity contribution in [1.29, 1.82) is 0 Å². The predicted octanol–water partition coefficient (Wildman–Crippen LogP) is -0.933. The highest BCUT2D eigenvalue weighted by atomic mass is 16.4. The van der Waals surface area contributed by atoms with Crippen LogP contribution in [0.15, 0.2) is 0 Å². The fraction of sp³-hybridized carbons (Fsp3) is 0.727. The Hall–Kier alpha value is -1.63. The van der Waals surface area contributed by atoms with Gasteiger partial charge in [-0.15, -0.1) is 0 Å². The van der Waals surface area contributed by atoms with Crippen LogP contribution in [0.25, 0.3) is 0 Å². The van der Waals surface area contributed by atoms with Gasteiger partial charge in [0.15, 0.2) is 0 Å². The smallest absolute Gasteiger partial charge is 0.303 e. The summed E-state index contributed by atoms with van der Waals surface area (Å²) >= 11 is 0. The number of hydrogen-bond acceptors (Lipinski definition) is 4. The third-order valence-electron chi connectivity index (χ3n) is 2.55. The molecule has 0 aliphatic rings. The number of carbonyl (C=O) groups excluding carboxylic acids is 2. The van der Waals surface area contributed by atoms with Gasteiger partial charge in [0.05, 0.1) is 11.5 Å². The summed E-state index contributed by atoms with van der Waals surface area (Å²) in [6.07, 6.45) is -0.0883. The molecule has 18 heavy (non-hydrogen) atoms. The third kappa shape index (κ3) is 5.62. The average Bonchev–Trinajstić information content (AvgIpc) is 2.31. The monoisotopic (exact) mass is 259 g/mol. The first-order valence-corrected chi connectivity index (χ1v) is 5.68. The molecule has 7 heteroatoms. The number of carboxylic acids is 1. The van der Waals surface area contributed by atoms with E-state index in [2.05, 4.69) is 10.6 Å².